The first-order chi connectivity index (χ1) is 9.62. The smallest absolute Gasteiger partial charge is 0.407 e. The van der Waals surface area contributed by atoms with Gasteiger partial charge in [-0.05, 0) is 11.5 Å². The average Bonchev–Trinajstić information content (AvgIpc) is 2.23. The largest absolute Gasteiger partial charge is 0.465 e. The first-order valence-corrected chi connectivity index (χ1v) is 6.71. The topological polar surface area (TPSA) is 40.5 Å². The van der Waals surface area contributed by atoms with Gasteiger partial charge in [0.2, 0.25) is 0 Å². The molecule has 1 amide bonds. The zero-order valence-corrected chi connectivity index (χ0v) is 12.1. The molecule has 21 heavy (non-hydrogen) atoms. The number of carboxylic acid groups (broad SMARTS) is 1. The Kier molecular flexibility index (Phi) is 3.91. The van der Waals surface area contributed by atoms with Crippen LogP contribution in [0.5, 0.6) is 0 Å². The number of halogens is 3. The van der Waals surface area contributed by atoms with Crippen molar-refractivity contribution in [3.05, 3.63) is 35.4 Å². The minimum absolute atomic E-state index is 0.00918. The van der Waals surface area contributed by atoms with Crippen molar-refractivity contribution >= 4 is 6.09 Å². The van der Waals surface area contributed by atoms with E-state index < -0.39 is 41.3 Å². The fraction of sp³-hybridized carbons (Fsp3) is 0.533. The van der Waals surface area contributed by atoms with E-state index in [2.05, 4.69) is 0 Å². The summed E-state index contributed by atoms with van der Waals surface area (Å²) in [5.41, 5.74) is -0.692. The highest BCUT2D eigenvalue weighted by molar-refractivity contribution is 5.67. The Morgan fingerprint density at radius 1 is 1.38 bits per heavy atom. The van der Waals surface area contributed by atoms with Crippen molar-refractivity contribution in [3.8, 4) is 0 Å². The summed E-state index contributed by atoms with van der Waals surface area (Å²) < 4.78 is 41.2. The molecule has 3 nitrogen and oxygen atoms in total. The number of likely N-dealkylation sites (tertiary alicyclic amines) is 1. The third kappa shape index (κ3) is 2.84. The minimum Gasteiger partial charge on any atom is -0.465 e. The SMILES string of the molecule is CC(C)(C)C1C(C(F)c2ccc(F)cc2F)CN1C(=O)O. The number of hydrogen-bond acceptors (Lipinski definition) is 1. The molecule has 3 unspecified atom stereocenters. The third-order valence-electron chi connectivity index (χ3n) is 3.92. The molecule has 116 valence electrons. The maximum absolute atomic E-state index is 14.6. The highest BCUT2D eigenvalue weighted by atomic mass is 19.1. The lowest BCUT2D eigenvalue weighted by molar-refractivity contribution is -0.0684. The molecule has 0 saturated carbocycles. The second-order valence-corrected chi connectivity index (χ2v) is 6.48. The van der Waals surface area contributed by atoms with Crippen LogP contribution in [-0.4, -0.2) is 28.7 Å². The van der Waals surface area contributed by atoms with Crippen LogP contribution in [0.3, 0.4) is 0 Å². The Hall–Kier alpha value is -1.72. The highest BCUT2D eigenvalue weighted by Crippen LogP contribution is 2.46. The van der Waals surface area contributed by atoms with Crippen molar-refractivity contribution in [1.29, 1.82) is 0 Å². The van der Waals surface area contributed by atoms with Gasteiger partial charge < -0.3 is 10.0 Å². The van der Waals surface area contributed by atoms with Crippen LogP contribution in [-0.2, 0) is 0 Å². The van der Waals surface area contributed by atoms with E-state index in [1.54, 1.807) is 0 Å². The van der Waals surface area contributed by atoms with Gasteiger partial charge in [-0.15, -0.1) is 0 Å². The summed E-state index contributed by atoms with van der Waals surface area (Å²) in [6, 6.07) is 2.18. The van der Waals surface area contributed by atoms with Gasteiger partial charge in [-0.3, -0.25) is 0 Å². The standard InChI is InChI=1S/C15H18F3NO2/c1-15(2,3)13-10(7-19(13)14(20)21)12(18)9-5-4-8(16)6-11(9)17/h4-6,10,12-13H,7H2,1-3H3,(H,20,21). The molecule has 1 saturated heterocycles. The number of nitrogens with zero attached hydrogens (tertiary/aromatic N) is 1. The molecular weight excluding hydrogens is 283 g/mol. The molecule has 0 aliphatic carbocycles. The molecule has 6 heteroatoms. The van der Waals surface area contributed by atoms with E-state index in [9.17, 15) is 18.0 Å². The van der Waals surface area contributed by atoms with Crippen LogP contribution >= 0.6 is 0 Å². The highest BCUT2D eigenvalue weighted by Gasteiger charge is 2.52. The van der Waals surface area contributed by atoms with E-state index in [4.69, 9.17) is 5.11 Å². The second-order valence-electron chi connectivity index (χ2n) is 6.48. The van der Waals surface area contributed by atoms with Crippen molar-refractivity contribution in [2.24, 2.45) is 11.3 Å². The summed E-state index contributed by atoms with van der Waals surface area (Å²) in [5, 5.41) is 9.11. The van der Waals surface area contributed by atoms with Gasteiger partial charge in [-0.1, -0.05) is 26.8 Å². The van der Waals surface area contributed by atoms with Gasteiger partial charge in [0.05, 0.1) is 0 Å². The molecule has 3 atom stereocenters. The first kappa shape index (κ1) is 15.7. The van der Waals surface area contributed by atoms with Crippen molar-refractivity contribution in [2.75, 3.05) is 6.54 Å². The van der Waals surface area contributed by atoms with E-state index in [0.29, 0.717) is 6.07 Å². The fourth-order valence-electron chi connectivity index (χ4n) is 3.05. The Morgan fingerprint density at radius 3 is 2.48 bits per heavy atom. The number of rotatable bonds is 2. The lowest BCUT2D eigenvalue weighted by atomic mass is 9.69. The van der Waals surface area contributed by atoms with Crippen LogP contribution in [0.15, 0.2) is 18.2 Å². The van der Waals surface area contributed by atoms with Gasteiger partial charge in [0.15, 0.2) is 0 Å². The van der Waals surface area contributed by atoms with Gasteiger partial charge in [0, 0.05) is 30.1 Å². The summed E-state index contributed by atoms with van der Waals surface area (Å²) in [6.07, 6.45) is -2.77. The van der Waals surface area contributed by atoms with Crippen molar-refractivity contribution in [3.63, 3.8) is 0 Å². The maximum Gasteiger partial charge on any atom is 0.407 e. The summed E-state index contributed by atoms with van der Waals surface area (Å²) in [6.45, 7) is 5.45. The molecular formula is C15H18F3NO2. The Morgan fingerprint density at radius 2 is 2.00 bits per heavy atom. The number of alkyl halides is 1. The van der Waals surface area contributed by atoms with Crippen LogP contribution < -0.4 is 0 Å². The monoisotopic (exact) mass is 301 g/mol. The van der Waals surface area contributed by atoms with E-state index in [1.807, 2.05) is 20.8 Å². The summed E-state index contributed by atoms with van der Waals surface area (Å²) in [4.78, 5) is 12.3. The number of carbonyl (C=O) groups is 1. The van der Waals surface area contributed by atoms with Gasteiger partial charge in [-0.25, -0.2) is 18.0 Å². The van der Waals surface area contributed by atoms with Gasteiger partial charge >= 0.3 is 6.09 Å². The molecule has 1 heterocycles. The van der Waals surface area contributed by atoms with Gasteiger partial charge in [-0.2, -0.15) is 0 Å². The molecule has 0 aromatic heterocycles. The normalized spacial score (nSPS) is 23.6. The Bertz CT molecular complexity index is 556. The molecule has 2 rings (SSSR count). The molecule has 1 aliphatic rings. The Balaban J connectivity index is 2.27. The van der Waals surface area contributed by atoms with Crippen LogP contribution in [0.1, 0.15) is 32.5 Å². The van der Waals surface area contributed by atoms with E-state index in [0.717, 1.165) is 12.1 Å². The second kappa shape index (κ2) is 5.24. The third-order valence-corrected chi connectivity index (χ3v) is 3.92. The molecule has 0 spiro atoms. The summed E-state index contributed by atoms with van der Waals surface area (Å²) in [5.74, 6) is -2.35. The summed E-state index contributed by atoms with van der Waals surface area (Å²) in [7, 11) is 0. The number of benzene rings is 1. The molecule has 0 bridgehead atoms. The van der Waals surface area contributed by atoms with Crippen molar-refractivity contribution in [1.82, 2.24) is 4.90 Å². The van der Waals surface area contributed by atoms with Crippen LogP contribution in [0.25, 0.3) is 0 Å². The predicted octanol–water partition coefficient (Wildman–Crippen LogP) is 4.00. The zero-order valence-electron chi connectivity index (χ0n) is 12.1. The molecule has 1 N–H and O–H groups in total. The lowest BCUT2D eigenvalue weighted by Gasteiger charge is -2.53. The quantitative estimate of drug-likeness (QED) is 0.897. The number of amides is 1. The lowest BCUT2D eigenvalue weighted by Crippen LogP contribution is -2.64. The zero-order chi connectivity index (χ0) is 15.9. The first-order valence-electron chi connectivity index (χ1n) is 6.71. The van der Waals surface area contributed by atoms with Crippen LogP contribution in [0, 0.1) is 23.0 Å². The average molecular weight is 301 g/mol. The van der Waals surface area contributed by atoms with Gasteiger partial charge in [0.25, 0.3) is 0 Å². The van der Waals surface area contributed by atoms with Crippen molar-refractivity contribution < 1.29 is 23.1 Å². The Labute approximate surface area is 121 Å². The number of hydrogen-bond donors (Lipinski definition) is 1. The molecule has 1 aliphatic heterocycles. The van der Waals surface area contributed by atoms with Crippen molar-refractivity contribution in [2.45, 2.75) is 33.0 Å². The predicted molar refractivity (Wildman–Crippen MR) is 71.7 cm³/mol. The minimum atomic E-state index is -1.66. The van der Waals surface area contributed by atoms with E-state index in [1.165, 1.54) is 4.90 Å². The van der Waals surface area contributed by atoms with E-state index in [-0.39, 0.29) is 12.1 Å². The molecule has 1 aromatic carbocycles. The molecule has 1 aromatic rings. The molecule has 1 fully saturated rings. The van der Waals surface area contributed by atoms with E-state index >= 15 is 0 Å². The fourth-order valence-corrected chi connectivity index (χ4v) is 3.05. The maximum atomic E-state index is 14.6. The summed E-state index contributed by atoms with van der Waals surface area (Å²) >= 11 is 0. The molecule has 0 radical (unpaired) electrons. The van der Waals surface area contributed by atoms with Gasteiger partial charge in [0.1, 0.15) is 17.8 Å². The van der Waals surface area contributed by atoms with Crippen LogP contribution in [0.2, 0.25) is 0 Å². The van der Waals surface area contributed by atoms with Crippen LogP contribution in [0.4, 0.5) is 18.0 Å².